The Kier molecular flexibility index (Phi) is 4.68. The first-order valence-corrected chi connectivity index (χ1v) is 7.34. The van der Waals surface area contributed by atoms with Gasteiger partial charge in [-0.2, -0.15) is 0 Å². The van der Waals surface area contributed by atoms with Gasteiger partial charge in [0, 0.05) is 26.2 Å². The van der Waals surface area contributed by atoms with Gasteiger partial charge in [-0.25, -0.2) is 4.79 Å². The summed E-state index contributed by atoms with van der Waals surface area (Å²) in [7, 11) is 1.72. The Labute approximate surface area is 115 Å². The van der Waals surface area contributed by atoms with E-state index in [2.05, 4.69) is 5.32 Å². The van der Waals surface area contributed by atoms with E-state index in [0.717, 1.165) is 32.2 Å². The van der Waals surface area contributed by atoms with Crippen LogP contribution in [0.5, 0.6) is 0 Å². The molecular weight excluding hydrogens is 244 g/mol. The topological polar surface area (TPSA) is 61.8 Å². The number of ether oxygens (including phenoxy) is 1. The van der Waals surface area contributed by atoms with Gasteiger partial charge in [-0.1, -0.05) is 0 Å². The van der Waals surface area contributed by atoms with E-state index in [9.17, 15) is 9.90 Å². The summed E-state index contributed by atoms with van der Waals surface area (Å²) in [5, 5.41) is 12.5. The number of urea groups is 1. The Morgan fingerprint density at radius 2 is 2.26 bits per heavy atom. The van der Waals surface area contributed by atoms with Crippen LogP contribution < -0.4 is 5.32 Å². The third-order valence-corrected chi connectivity index (χ3v) is 4.51. The van der Waals surface area contributed by atoms with Crippen LogP contribution in [-0.4, -0.2) is 54.0 Å². The molecule has 5 nitrogen and oxygen atoms in total. The van der Waals surface area contributed by atoms with Crippen LogP contribution in [-0.2, 0) is 4.74 Å². The lowest BCUT2D eigenvalue weighted by Crippen LogP contribution is -2.53. The van der Waals surface area contributed by atoms with E-state index in [1.54, 1.807) is 14.0 Å². The maximum atomic E-state index is 12.2. The van der Waals surface area contributed by atoms with Crippen molar-refractivity contribution < 1.29 is 14.6 Å². The smallest absolute Gasteiger partial charge is 0.317 e. The molecular formula is C14H26N2O3. The summed E-state index contributed by atoms with van der Waals surface area (Å²) in [6, 6.07) is 0.173. The van der Waals surface area contributed by atoms with Crippen LogP contribution in [0.2, 0.25) is 0 Å². The van der Waals surface area contributed by atoms with E-state index in [-0.39, 0.29) is 23.8 Å². The summed E-state index contributed by atoms with van der Waals surface area (Å²) in [6.07, 6.45) is 5.58. The monoisotopic (exact) mass is 270 g/mol. The molecule has 2 aliphatic rings. The molecule has 19 heavy (non-hydrogen) atoms. The highest BCUT2D eigenvalue weighted by molar-refractivity contribution is 5.75. The number of carbonyl (C=O) groups is 1. The fourth-order valence-electron chi connectivity index (χ4n) is 3.10. The average molecular weight is 270 g/mol. The lowest BCUT2D eigenvalue weighted by atomic mass is 9.80. The van der Waals surface area contributed by atoms with Gasteiger partial charge in [-0.3, -0.25) is 0 Å². The van der Waals surface area contributed by atoms with Gasteiger partial charge < -0.3 is 20.1 Å². The van der Waals surface area contributed by atoms with Crippen molar-refractivity contribution in [2.45, 2.75) is 63.2 Å². The van der Waals surface area contributed by atoms with Crippen molar-refractivity contribution in [2.24, 2.45) is 0 Å². The van der Waals surface area contributed by atoms with Crippen molar-refractivity contribution in [3.63, 3.8) is 0 Å². The number of nitrogens with one attached hydrogen (secondary N) is 1. The Morgan fingerprint density at radius 3 is 2.79 bits per heavy atom. The minimum Gasteiger partial charge on any atom is -0.393 e. The number of likely N-dealkylation sites (tertiary alicyclic amines) is 1. The van der Waals surface area contributed by atoms with Crippen LogP contribution in [0.1, 0.15) is 45.4 Å². The summed E-state index contributed by atoms with van der Waals surface area (Å²) >= 11 is 0. The Hall–Kier alpha value is -0.810. The molecule has 2 atom stereocenters. The van der Waals surface area contributed by atoms with Gasteiger partial charge in [-0.15, -0.1) is 0 Å². The number of aliphatic hydroxyl groups excluding tert-OH is 1. The number of hydrogen-bond acceptors (Lipinski definition) is 3. The molecule has 0 aromatic heterocycles. The fourth-order valence-corrected chi connectivity index (χ4v) is 3.10. The van der Waals surface area contributed by atoms with Gasteiger partial charge >= 0.3 is 6.03 Å². The predicted octanol–water partition coefficient (Wildman–Crippen LogP) is 1.50. The second-order valence-corrected chi connectivity index (χ2v) is 5.97. The van der Waals surface area contributed by atoms with Crippen LogP contribution in [0.4, 0.5) is 4.79 Å². The SMILES string of the molecule is COC1(CNC(=O)N2CCCC2CC(C)O)CCC1. The Balaban J connectivity index is 1.81. The second kappa shape index (κ2) is 6.09. The number of aliphatic hydroxyl groups is 1. The summed E-state index contributed by atoms with van der Waals surface area (Å²) in [6.45, 7) is 3.17. The molecule has 1 saturated carbocycles. The molecule has 1 saturated heterocycles. The first-order chi connectivity index (χ1) is 9.06. The minimum atomic E-state index is -0.352. The molecule has 0 bridgehead atoms. The van der Waals surface area contributed by atoms with Crippen molar-refractivity contribution in [3.05, 3.63) is 0 Å². The molecule has 110 valence electrons. The molecule has 0 radical (unpaired) electrons. The highest BCUT2D eigenvalue weighted by atomic mass is 16.5. The molecule has 2 N–H and O–H groups in total. The largest absolute Gasteiger partial charge is 0.393 e. The molecule has 2 amide bonds. The predicted molar refractivity (Wildman–Crippen MR) is 73.0 cm³/mol. The van der Waals surface area contributed by atoms with E-state index < -0.39 is 0 Å². The van der Waals surface area contributed by atoms with Crippen LogP contribution in [0.3, 0.4) is 0 Å². The number of hydrogen-bond donors (Lipinski definition) is 2. The molecule has 2 fully saturated rings. The number of rotatable bonds is 5. The van der Waals surface area contributed by atoms with Gasteiger partial charge in [0.15, 0.2) is 0 Å². The minimum absolute atomic E-state index is 0.00789. The molecule has 0 aromatic rings. The third-order valence-electron chi connectivity index (χ3n) is 4.51. The van der Waals surface area contributed by atoms with Gasteiger partial charge in [0.25, 0.3) is 0 Å². The summed E-state index contributed by atoms with van der Waals surface area (Å²) in [4.78, 5) is 14.1. The molecule has 1 aliphatic carbocycles. The fraction of sp³-hybridized carbons (Fsp3) is 0.929. The summed E-state index contributed by atoms with van der Waals surface area (Å²) < 4.78 is 5.50. The van der Waals surface area contributed by atoms with Crippen LogP contribution >= 0.6 is 0 Å². The van der Waals surface area contributed by atoms with Crippen molar-refractivity contribution in [3.8, 4) is 0 Å². The highest BCUT2D eigenvalue weighted by Crippen LogP contribution is 2.34. The number of methoxy groups -OCH3 is 1. The summed E-state index contributed by atoms with van der Waals surface area (Å²) in [5.74, 6) is 0. The van der Waals surface area contributed by atoms with Crippen LogP contribution in [0.15, 0.2) is 0 Å². The average Bonchev–Trinajstić information content (AvgIpc) is 2.75. The lowest BCUT2D eigenvalue weighted by molar-refractivity contribution is -0.0679. The quantitative estimate of drug-likeness (QED) is 0.796. The van der Waals surface area contributed by atoms with Gasteiger partial charge in [0.05, 0.1) is 11.7 Å². The van der Waals surface area contributed by atoms with Gasteiger partial charge in [-0.05, 0) is 45.4 Å². The van der Waals surface area contributed by atoms with Crippen LogP contribution in [0, 0.1) is 0 Å². The second-order valence-electron chi connectivity index (χ2n) is 5.97. The van der Waals surface area contributed by atoms with Crippen molar-refractivity contribution in [2.75, 3.05) is 20.2 Å². The molecule has 2 unspecified atom stereocenters. The number of carbonyl (C=O) groups excluding carboxylic acids is 1. The normalized spacial score (nSPS) is 26.9. The van der Waals surface area contributed by atoms with Crippen molar-refractivity contribution in [1.82, 2.24) is 10.2 Å². The zero-order chi connectivity index (χ0) is 13.9. The molecule has 1 heterocycles. The van der Waals surface area contributed by atoms with E-state index in [1.807, 2.05) is 4.90 Å². The first-order valence-electron chi connectivity index (χ1n) is 7.34. The van der Waals surface area contributed by atoms with Gasteiger partial charge in [0.2, 0.25) is 0 Å². The number of nitrogens with zero attached hydrogens (tertiary/aromatic N) is 1. The standard InChI is InChI=1S/C14H26N2O3/c1-11(17)9-12-5-3-8-16(12)13(18)15-10-14(19-2)6-4-7-14/h11-12,17H,3-10H2,1-2H3,(H,15,18). The summed E-state index contributed by atoms with van der Waals surface area (Å²) in [5.41, 5.74) is -0.130. The third kappa shape index (κ3) is 3.39. The first kappa shape index (κ1) is 14.6. The molecule has 2 rings (SSSR count). The van der Waals surface area contributed by atoms with Crippen molar-refractivity contribution in [1.29, 1.82) is 0 Å². The molecule has 5 heteroatoms. The maximum absolute atomic E-state index is 12.2. The van der Waals surface area contributed by atoms with E-state index in [1.165, 1.54) is 6.42 Å². The zero-order valence-corrected chi connectivity index (χ0v) is 12.0. The Bertz CT molecular complexity index is 310. The van der Waals surface area contributed by atoms with Crippen molar-refractivity contribution >= 4 is 6.03 Å². The maximum Gasteiger partial charge on any atom is 0.317 e. The van der Waals surface area contributed by atoms with E-state index >= 15 is 0 Å². The van der Waals surface area contributed by atoms with Gasteiger partial charge in [0.1, 0.15) is 0 Å². The zero-order valence-electron chi connectivity index (χ0n) is 12.0. The number of amides is 2. The lowest BCUT2D eigenvalue weighted by Gasteiger charge is -2.41. The highest BCUT2D eigenvalue weighted by Gasteiger charge is 2.38. The Morgan fingerprint density at radius 1 is 1.53 bits per heavy atom. The molecule has 0 aromatic carbocycles. The molecule has 1 aliphatic heterocycles. The van der Waals surface area contributed by atoms with E-state index in [4.69, 9.17) is 4.74 Å². The van der Waals surface area contributed by atoms with E-state index in [0.29, 0.717) is 13.0 Å². The molecule has 0 spiro atoms. The van der Waals surface area contributed by atoms with Crippen LogP contribution in [0.25, 0.3) is 0 Å².